The number of nitrogens with one attached hydrogen (secondary N) is 1. The summed E-state index contributed by atoms with van der Waals surface area (Å²) in [4.78, 5) is 11.9. The van der Waals surface area contributed by atoms with Gasteiger partial charge in [-0.2, -0.15) is 8.42 Å². The van der Waals surface area contributed by atoms with Crippen molar-refractivity contribution in [2.24, 2.45) is 0 Å². The molecule has 0 bridgehead atoms. The number of methoxy groups -OCH3 is 1. The van der Waals surface area contributed by atoms with E-state index < -0.39 is 21.8 Å². The van der Waals surface area contributed by atoms with E-state index >= 15 is 0 Å². The Bertz CT molecular complexity index is 648. The highest BCUT2D eigenvalue weighted by atomic mass is 32.2. The van der Waals surface area contributed by atoms with Gasteiger partial charge in [0.25, 0.3) is 10.1 Å². The average Bonchev–Trinajstić information content (AvgIpc) is 2.35. The van der Waals surface area contributed by atoms with Crippen LogP contribution in [0.1, 0.15) is 26.3 Å². The van der Waals surface area contributed by atoms with Crippen molar-refractivity contribution in [2.75, 3.05) is 25.3 Å². The molecular weight excluding hydrogens is 322 g/mol. The van der Waals surface area contributed by atoms with Gasteiger partial charge in [-0.25, -0.2) is 4.79 Å². The first kappa shape index (κ1) is 19.2. The fraction of sp³-hybridized carbons (Fsp3) is 0.533. The third-order valence-corrected chi connectivity index (χ3v) is 3.20. The molecule has 0 aromatic heterocycles. The molecule has 1 aromatic carbocycles. The van der Waals surface area contributed by atoms with Gasteiger partial charge in [0.15, 0.2) is 0 Å². The Kier molecular flexibility index (Phi) is 6.40. The molecule has 0 atom stereocenters. The largest absolute Gasteiger partial charge is 0.494 e. The van der Waals surface area contributed by atoms with Gasteiger partial charge >= 0.3 is 6.09 Å². The Morgan fingerprint density at radius 3 is 2.43 bits per heavy atom. The van der Waals surface area contributed by atoms with Crippen LogP contribution in [0.5, 0.6) is 5.75 Å². The summed E-state index contributed by atoms with van der Waals surface area (Å²) in [5.74, 6) is 0.440. The Hall–Kier alpha value is -1.80. The second-order valence-electron chi connectivity index (χ2n) is 5.90. The van der Waals surface area contributed by atoms with Gasteiger partial charge in [0.2, 0.25) is 0 Å². The van der Waals surface area contributed by atoms with E-state index in [1.807, 2.05) is 0 Å². The second kappa shape index (κ2) is 7.65. The number of benzene rings is 1. The number of ether oxygens (including phenoxy) is 2. The minimum Gasteiger partial charge on any atom is -0.494 e. The minimum atomic E-state index is -3.49. The lowest BCUT2D eigenvalue weighted by Gasteiger charge is -2.21. The van der Waals surface area contributed by atoms with Crippen molar-refractivity contribution in [1.29, 1.82) is 0 Å². The maximum Gasteiger partial charge on any atom is 0.412 e. The number of carbonyl (C=O) groups is 1. The predicted molar refractivity (Wildman–Crippen MR) is 87.4 cm³/mol. The van der Waals surface area contributed by atoms with Gasteiger partial charge in [-0.15, -0.1) is 0 Å². The molecule has 0 fully saturated rings. The number of carbonyl (C=O) groups excluding carboxylic acids is 1. The highest BCUT2D eigenvalue weighted by Crippen LogP contribution is 2.29. The number of hydrogen-bond acceptors (Lipinski definition) is 6. The number of para-hydroxylation sites is 1. The highest BCUT2D eigenvalue weighted by molar-refractivity contribution is 7.85. The van der Waals surface area contributed by atoms with Crippen LogP contribution < -0.4 is 10.1 Å². The van der Waals surface area contributed by atoms with E-state index in [1.165, 1.54) is 7.11 Å². The minimum absolute atomic E-state index is 0.00885. The van der Waals surface area contributed by atoms with Crippen LogP contribution in [0.2, 0.25) is 0 Å². The molecule has 1 aromatic rings. The SMILES string of the molecule is COc1c(CCOS(C)(=O)=O)cccc1NC(=O)OC(C)(C)C. The van der Waals surface area contributed by atoms with Crippen LogP contribution in [0, 0.1) is 0 Å². The molecule has 8 heteroatoms. The van der Waals surface area contributed by atoms with Gasteiger partial charge in [-0.05, 0) is 32.4 Å². The summed E-state index contributed by atoms with van der Waals surface area (Å²) in [5, 5.41) is 2.62. The van der Waals surface area contributed by atoms with Gasteiger partial charge in [-0.3, -0.25) is 9.50 Å². The average molecular weight is 345 g/mol. The summed E-state index contributed by atoms with van der Waals surface area (Å²) in [5.41, 5.74) is 0.543. The summed E-state index contributed by atoms with van der Waals surface area (Å²) in [7, 11) is -2.03. The predicted octanol–water partition coefficient (Wildman–Crippen LogP) is 2.56. The molecule has 0 saturated heterocycles. The lowest BCUT2D eigenvalue weighted by molar-refractivity contribution is 0.0635. The first-order chi connectivity index (χ1) is 10.5. The molecule has 0 radical (unpaired) electrons. The maximum absolute atomic E-state index is 11.9. The van der Waals surface area contributed by atoms with Gasteiger partial charge < -0.3 is 9.47 Å². The van der Waals surface area contributed by atoms with Crippen molar-refractivity contribution in [3.63, 3.8) is 0 Å². The topological polar surface area (TPSA) is 90.9 Å². The van der Waals surface area contributed by atoms with E-state index in [0.717, 1.165) is 6.26 Å². The Labute approximate surface area is 137 Å². The zero-order chi connectivity index (χ0) is 17.7. The first-order valence-corrected chi connectivity index (χ1v) is 8.84. The second-order valence-corrected chi connectivity index (χ2v) is 7.54. The van der Waals surface area contributed by atoms with Gasteiger partial charge in [0.05, 0.1) is 25.7 Å². The molecule has 0 heterocycles. The van der Waals surface area contributed by atoms with Crippen molar-refractivity contribution in [2.45, 2.75) is 32.8 Å². The fourth-order valence-electron chi connectivity index (χ4n) is 1.84. The molecular formula is C15H23NO6S. The summed E-state index contributed by atoms with van der Waals surface area (Å²) < 4.78 is 37.2. The van der Waals surface area contributed by atoms with Crippen molar-refractivity contribution in [3.8, 4) is 5.75 Å². The monoisotopic (exact) mass is 345 g/mol. The molecule has 0 aliphatic rings. The van der Waals surface area contributed by atoms with Gasteiger partial charge in [0.1, 0.15) is 11.4 Å². The molecule has 1 N–H and O–H groups in total. The Morgan fingerprint density at radius 1 is 1.26 bits per heavy atom. The highest BCUT2D eigenvalue weighted by Gasteiger charge is 2.18. The molecule has 1 amide bonds. The van der Waals surface area contributed by atoms with Crippen LogP contribution in [0.3, 0.4) is 0 Å². The van der Waals surface area contributed by atoms with Gasteiger partial charge in [-0.1, -0.05) is 12.1 Å². The first-order valence-electron chi connectivity index (χ1n) is 7.02. The van der Waals surface area contributed by atoms with E-state index in [4.69, 9.17) is 13.7 Å². The maximum atomic E-state index is 11.9. The number of rotatable bonds is 6. The van der Waals surface area contributed by atoms with Gasteiger partial charge in [0, 0.05) is 6.42 Å². The van der Waals surface area contributed by atoms with Crippen molar-refractivity contribution < 1.29 is 26.9 Å². The number of anilines is 1. The molecule has 7 nitrogen and oxygen atoms in total. The zero-order valence-electron chi connectivity index (χ0n) is 14.0. The molecule has 0 saturated carbocycles. The summed E-state index contributed by atoms with van der Waals surface area (Å²) in [6, 6.07) is 5.17. The standard InChI is InChI=1S/C15H23NO6S/c1-15(2,3)22-14(17)16-12-8-6-7-11(13(12)20-4)9-10-21-23(5,18)19/h6-8H,9-10H2,1-5H3,(H,16,17). The summed E-state index contributed by atoms with van der Waals surface area (Å²) in [6.07, 6.45) is 0.713. The Balaban J connectivity index is 2.85. The number of hydrogen-bond donors (Lipinski definition) is 1. The molecule has 0 aliphatic heterocycles. The van der Waals surface area contributed by atoms with Crippen LogP contribution in [0.15, 0.2) is 18.2 Å². The van der Waals surface area contributed by atoms with Crippen LogP contribution in [0.25, 0.3) is 0 Å². The van der Waals surface area contributed by atoms with Crippen LogP contribution in [-0.4, -0.2) is 40.1 Å². The van der Waals surface area contributed by atoms with Crippen LogP contribution >= 0.6 is 0 Å². The zero-order valence-corrected chi connectivity index (χ0v) is 14.8. The Morgan fingerprint density at radius 2 is 1.91 bits per heavy atom. The third-order valence-electron chi connectivity index (χ3n) is 2.61. The molecule has 23 heavy (non-hydrogen) atoms. The number of amides is 1. The van der Waals surface area contributed by atoms with E-state index in [2.05, 4.69) is 5.32 Å². The van der Waals surface area contributed by atoms with E-state index in [-0.39, 0.29) is 6.61 Å². The van der Waals surface area contributed by atoms with E-state index in [0.29, 0.717) is 23.4 Å². The molecule has 130 valence electrons. The molecule has 0 spiro atoms. The van der Waals surface area contributed by atoms with Crippen molar-refractivity contribution in [1.82, 2.24) is 0 Å². The molecule has 0 unspecified atom stereocenters. The fourth-order valence-corrected chi connectivity index (χ4v) is 2.22. The molecule has 1 rings (SSSR count). The van der Waals surface area contributed by atoms with Crippen molar-refractivity contribution >= 4 is 21.9 Å². The van der Waals surface area contributed by atoms with E-state index in [1.54, 1.807) is 39.0 Å². The lowest BCUT2D eigenvalue weighted by Crippen LogP contribution is -2.27. The molecule has 0 aliphatic carbocycles. The lowest BCUT2D eigenvalue weighted by atomic mass is 10.1. The summed E-state index contributed by atoms with van der Waals surface area (Å²) >= 11 is 0. The van der Waals surface area contributed by atoms with Crippen molar-refractivity contribution in [3.05, 3.63) is 23.8 Å². The smallest absolute Gasteiger partial charge is 0.412 e. The normalized spacial score (nSPS) is 11.9. The van der Waals surface area contributed by atoms with Crippen LogP contribution in [0.4, 0.5) is 10.5 Å². The van der Waals surface area contributed by atoms with Crippen LogP contribution in [-0.2, 0) is 25.5 Å². The third kappa shape index (κ3) is 7.34. The summed E-state index contributed by atoms with van der Waals surface area (Å²) in [6.45, 7) is 5.29. The van der Waals surface area contributed by atoms with E-state index in [9.17, 15) is 13.2 Å². The quantitative estimate of drug-likeness (QED) is 0.797.